The van der Waals surface area contributed by atoms with Crippen molar-refractivity contribution in [2.45, 2.75) is 25.2 Å². The van der Waals surface area contributed by atoms with E-state index in [-0.39, 0.29) is 12.3 Å². The lowest BCUT2D eigenvalue weighted by Crippen LogP contribution is -2.15. The highest BCUT2D eigenvalue weighted by Gasteiger charge is 2.28. The summed E-state index contributed by atoms with van der Waals surface area (Å²) in [5.74, 6) is 1.86. The summed E-state index contributed by atoms with van der Waals surface area (Å²) in [5.41, 5.74) is 0.708. The molecular formula is C16H19N3O4S. The van der Waals surface area contributed by atoms with Crippen LogP contribution in [0, 0.1) is 0 Å². The molecule has 1 heterocycles. The van der Waals surface area contributed by atoms with Gasteiger partial charge in [0.2, 0.25) is 16.8 Å². The molecule has 1 aromatic carbocycles. The van der Waals surface area contributed by atoms with Gasteiger partial charge in [-0.05, 0) is 18.9 Å². The minimum Gasteiger partial charge on any atom is -0.493 e. The maximum Gasteiger partial charge on any atom is 0.230 e. The molecule has 0 unspecified atom stereocenters. The van der Waals surface area contributed by atoms with Gasteiger partial charge in [0.15, 0.2) is 11.5 Å². The molecule has 0 saturated heterocycles. The predicted molar refractivity (Wildman–Crippen MR) is 90.3 cm³/mol. The topological polar surface area (TPSA) is 82.6 Å². The Morgan fingerprint density at radius 3 is 2.54 bits per heavy atom. The zero-order chi connectivity index (χ0) is 17.1. The number of anilines is 1. The summed E-state index contributed by atoms with van der Waals surface area (Å²) in [4.78, 5) is 12.3. The predicted octanol–water partition coefficient (Wildman–Crippen LogP) is 2.62. The quantitative estimate of drug-likeness (QED) is 0.827. The summed E-state index contributed by atoms with van der Waals surface area (Å²) in [6.07, 6.45) is 2.46. The maximum absolute atomic E-state index is 12.3. The fourth-order valence-corrected chi connectivity index (χ4v) is 3.35. The van der Waals surface area contributed by atoms with Crippen molar-refractivity contribution < 1.29 is 19.0 Å². The number of nitrogens with zero attached hydrogens (tertiary/aromatic N) is 2. The van der Waals surface area contributed by atoms with Crippen LogP contribution < -0.4 is 19.5 Å². The summed E-state index contributed by atoms with van der Waals surface area (Å²) in [6.45, 7) is 0. The fraction of sp³-hybridized carbons (Fsp3) is 0.438. The molecule has 1 aliphatic carbocycles. The van der Waals surface area contributed by atoms with Crippen molar-refractivity contribution in [2.24, 2.45) is 0 Å². The Morgan fingerprint density at radius 1 is 1.17 bits per heavy atom. The first-order valence-corrected chi connectivity index (χ1v) is 8.39. The first-order valence-electron chi connectivity index (χ1n) is 7.57. The van der Waals surface area contributed by atoms with Crippen LogP contribution in [0.2, 0.25) is 0 Å². The van der Waals surface area contributed by atoms with E-state index in [0.29, 0.717) is 33.9 Å². The molecule has 24 heavy (non-hydrogen) atoms. The van der Waals surface area contributed by atoms with Crippen molar-refractivity contribution in [3.8, 4) is 17.2 Å². The third-order valence-corrected chi connectivity index (χ3v) is 4.75. The Kier molecular flexibility index (Phi) is 4.84. The standard InChI is InChI=1S/C16H19N3O4S/c1-21-11-7-6-10(13(22-2)14(11)23-3)8-12(20)17-16-19-18-15(24-16)9-4-5-9/h6-7,9H,4-5,8H2,1-3H3,(H,17,19,20). The SMILES string of the molecule is COc1ccc(CC(=O)Nc2nnc(C3CC3)s2)c(OC)c1OC. The van der Waals surface area contributed by atoms with Crippen molar-refractivity contribution >= 4 is 22.4 Å². The molecule has 1 aromatic heterocycles. The molecule has 7 nitrogen and oxygen atoms in total. The molecule has 0 bridgehead atoms. The summed E-state index contributed by atoms with van der Waals surface area (Å²) in [5, 5.41) is 12.5. The van der Waals surface area contributed by atoms with Crippen molar-refractivity contribution in [1.29, 1.82) is 0 Å². The highest BCUT2D eigenvalue weighted by molar-refractivity contribution is 7.15. The number of carbonyl (C=O) groups excluding carboxylic acids is 1. The average Bonchev–Trinajstić information content (AvgIpc) is 3.34. The van der Waals surface area contributed by atoms with Gasteiger partial charge in [0.1, 0.15) is 5.01 Å². The highest BCUT2D eigenvalue weighted by Crippen LogP contribution is 2.42. The van der Waals surface area contributed by atoms with Crippen molar-refractivity contribution in [1.82, 2.24) is 10.2 Å². The van der Waals surface area contributed by atoms with E-state index in [9.17, 15) is 4.79 Å². The number of amides is 1. The first-order chi connectivity index (χ1) is 11.7. The van der Waals surface area contributed by atoms with E-state index < -0.39 is 0 Å². The molecule has 128 valence electrons. The lowest BCUT2D eigenvalue weighted by Gasteiger charge is -2.15. The highest BCUT2D eigenvalue weighted by atomic mass is 32.1. The van der Waals surface area contributed by atoms with Gasteiger partial charge in [0, 0.05) is 11.5 Å². The minimum atomic E-state index is -0.181. The molecule has 1 N–H and O–H groups in total. The van der Waals surface area contributed by atoms with Gasteiger partial charge in [-0.1, -0.05) is 17.4 Å². The van der Waals surface area contributed by atoms with E-state index in [0.717, 1.165) is 17.8 Å². The maximum atomic E-state index is 12.3. The van der Waals surface area contributed by atoms with E-state index in [4.69, 9.17) is 14.2 Å². The molecule has 8 heteroatoms. The van der Waals surface area contributed by atoms with Gasteiger partial charge in [0.25, 0.3) is 0 Å². The Labute approximate surface area is 144 Å². The van der Waals surface area contributed by atoms with Gasteiger partial charge in [0.05, 0.1) is 27.8 Å². The molecule has 0 radical (unpaired) electrons. The number of ether oxygens (including phenoxy) is 3. The zero-order valence-electron chi connectivity index (χ0n) is 13.8. The van der Waals surface area contributed by atoms with Gasteiger partial charge in [-0.2, -0.15) is 0 Å². The first kappa shape index (κ1) is 16.5. The van der Waals surface area contributed by atoms with Gasteiger partial charge < -0.3 is 19.5 Å². The van der Waals surface area contributed by atoms with Gasteiger partial charge in [-0.15, -0.1) is 10.2 Å². The number of benzene rings is 1. The molecule has 1 saturated carbocycles. The lowest BCUT2D eigenvalue weighted by atomic mass is 10.1. The number of carbonyl (C=O) groups is 1. The van der Waals surface area contributed by atoms with Crippen LogP contribution in [-0.4, -0.2) is 37.4 Å². The van der Waals surface area contributed by atoms with E-state index in [1.54, 1.807) is 19.2 Å². The number of hydrogen-bond donors (Lipinski definition) is 1. The largest absolute Gasteiger partial charge is 0.493 e. The minimum absolute atomic E-state index is 0.141. The van der Waals surface area contributed by atoms with Crippen LogP contribution in [0.5, 0.6) is 17.2 Å². The van der Waals surface area contributed by atoms with Crippen molar-refractivity contribution in [2.75, 3.05) is 26.6 Å². The second-order valence-corrected chi connectivity index (χ2v) is 6.45. The van der Waals surface area contributed by atoms with E-state index >= 15 is 0 Å². The van der Waals surface area contributed by atoms with Gasteiger partial charge in [-0.3, -0.25) is 4.79 Å². The number of aromatic nitrogens is 2. The Hall–Kier alpha value is -2.35. The number of rotatable bonds is 7. The van der Waals surface area contributed by atoms with Crippen LogP contribution in [0.15, 0.2) is 12.1 Å². The summed E-state index contributed by atoms with van der Waals surface area (Å²) in [7, 11) is 4.62. The van der Waals surface area contributed by atoms with Crippen LogP contribution in [0.25, 0.3) is 0 Å². The van der Waals surface area contributed by atoms with Crippen molar-refractivity contribution in [3.63, 3.8) is 0 Å². The molecule has 1 aliphatic rings. The lowest BCUT2D eigenvalue weighted by molar-refractivity contribution is -0.115. The third kappa shape index (κ3) is 3.43. The van der Waals surface area contributed by atoms with E-state index in [1.807, 2.05) is 0 Å². The normalized spacial score (nSPS) is 13.5. The number of methoxy groups -OCH3 is 3. The zero-order valence-corrected chi connectivity index (χ0v) is 14.6. The van der Waals surface area contributed by atoms with Gasteiger partial charge >= 0.3 is 0 Å². The van der Waals surface area contributed by atoms with Crippen molar-refractivity contribution in [3.05, 3.63) is 22.7 Å². The van der Waals surface area contributed by atoms with E-state index in [1.165, 1.54) is 25.6 Å². The van der Waals surface area contributed by atoms with Crippen LogP contribution >= 0.6 is 11.3 Å². The molecule has 1 fully saturated rings. The van der Waals surface area contributed by atoms with Crippen LogP contribution in [0.3, 0.4) is 0 Å². The Morgan fingerprint density at radius 2 is 1.92 bits per heavy atom. The fourth-order valence-electron chi connectivity index (χ4n) is 2.42. The molecule has 0 atom stereocenters. The number of hydrogen-bond acceptors (Lipinski definition) is 7. The Balaban J connectivity index is 1.73. The Bertz CT molecular complexity index is 743. The molecule has 0 aliphatic heterocycles. The van der Waals surface area contributed by atoms with Gasteiger partial charge in [-0.25, -0.2) is 0 Å². The second-order valence-electron chi connectivity index (χ2n) is 5.44. The summed E-state index contributed by atoms with van der Waals surface area (Å²) < 4.78 is 16.0. The second kappa shape index (κ2) is 7.04. The van der Waals surface area contributed by atoms with Crippen LogP contribution in [0.1, 0.15) is 29.3 Å². The summed E-state index contributed by atoms with van der Waals surface area (Å²) >= 11 is 1.44. The number of nitrogens with one attached hydrogen (secondary N) is 1. The van der Waals surface area contributed by atoms with Crippen LogP contribution in [0.4, 0.5) is 5.13 Å². The molecule has 1 amide bonds. The smallest absolute Gasteiger partial charge is 0.230 e. The molecular weight excluding hydrogens is 330 g/mol. The third-order valence-electron chi connectivity index (χ3n) is 3.75. The molecule has 2 aromatic rings. The summed E-state index contributed by atoms with van der Waals surface area (Å²) in [6, 6.07) is 3.54. The average molecular weight is 349 g/mol. The molecule has 0 spiro atoms. The monoisotopic (exact) mass is 349 g/mol. The van der Waals surface area contributed by atoms with Crippen LogP contribution in [-0.2, 0) is 11.2 Å². The van der Waals surface area contributed by atoms with E-state index in [2.05, 4.69) is 15.5 Å². The molecule has 3 rings (SSSR count).